The second-order valence-corrected chi connectivity index (χ2v) is 8.55. The molecule has 27 heavy (non-hydrogen) atoms. The van der Waals surface area contributed by atoms with Gasteiger partial charge in [0.1, 0.15) is 0 Å². The average molecular weight is 522 g/mol. The number of nitrogens with one attached hydrogen (secondary N) is 3. The smallest absolute Gasteiger partial charge is 0.240 e. The molecule has 3 N–H and O–H groups in total. The van der Waals surface area contributed by atoms with E-state index in [0.717, 1.165) is 24.6 Å². The van der Waals surface area contributed by atoms with Crippen LogP contribution < -0.4 is 15.4 Å². The summed E-state index contributed by atoms with van der Waals surface area (Å²) in [5.74, 6) is 1.15. The molecule has 1 atom stereocenters. The minimum atomic E-state index is -3.40. The molecular weight excluding hydrogens is 495 g/mol. The molecule has 1 aromatic carbocycles. The van der Waals surface area contributed by atoms with E-state index in [-0.39, 0.29) is 28.9 Å². The van der Waals surface area contributed by atoms with E-state index in [2.05, 4.69) is 44.1 Å². The predicted molar refractivity (Wildman–Crippen MR) is 124 cm³/mol. The van der Waals surface area contributed by atoms with E-state index in [9.17, 15) is 8.42 Å². The number of hydrogen-bond acceptors (Lipinski definition) is 4. The molecular formula is C18H27IN4O2S2. The molecule has 0 aliphatic carbocycles. The molecule has 0 bridgehead atoms. The summed E-state index contributed by atoms with van der Waals surface area (Å²) in [5, 5.41) is 10.8. The normalized spacial score (nSPS) is 12.9. The third-order valence-electron chi connectivity index (χ3n) is 3.95. The van der Waals surface area contributed by atoms with E-state index in [1.165, 1.54) is 12.6 Å². The zero-order valence-corrected chi connectivity index (χ0v) is 19.7. The SMILES string of the molecule is CCNC(=NCc1ccc(S(=O)(=O)NC)cc1)NCC(C)c1ccsc1.I. The Morgan fingerprint density at radius 1 is 1.19 bits per heavy atom. The van der Waals surface area contributed by atoms with Crippen LogP contribution >= 0.6 is 35.3 Å². The van der Waals surface area contributed by atoms with Crippen LogP contribution in [0.2, 0.25) is 0 Å². The summed E-state index contributed by atoms with van der Waals surface area (Å²) in [6, 6.07) is 8.89. The number of guanidine groups is 1. The second kappa shape index (κ2) is 11.6. The summed E-state index contributed by atoms with van der Waals surface area (Å²) < 4.78 is 25.8. The number of hydrogen-bond donors (Lipinski definition) is 3. The van der Waals surface area contributed by atoms with Gasteiger partial charge in [-0.2, -0.15) is 11.3 Å². The monoisotopic (exact) mass is 522 g/mol. The Hall–Kier alpha value is -1.17. The molecule has 0 saturated heterocycles. The van der Waals surface area contributed by atoms with Crippen LogP contribution in [0.3, 0.4) is 0 Å². The fourth-order valence-electron chi connectivity index (χ4n) is 2.33. The summed E-state index contributed by atoms with van der Waals surface area (Å²) >= 11 is 1.70. The summed E-state index contributed by atoms with van der Waals surface area (Å²) in [6.45, 7) is 6.25. The van der Waals surface area contributed by atoms with Gasteiger partial charge in [0.05, 0.1) is 11.4 Å². The molecule has 9 heteroatoms. The maximum Gasteiger partial charge on any atom is 0.240 e. The first-order valence-electron chi connectivity index (χ1n) is 8.53. The van der Waals surface area contributed by atoms with Gasteiger partial charge < -0.3 is 10.6 Å². The highest BCUT2D eigenvalue weighted by molar-refractivity contribution is 14.0. The Morgan fingerprint density at radius 2 is 1.89 bits per heavy atom. The van der Waals surface area contributed by atoms with Crippen molar-refractivity contribution in [3.63, 3.8) is 0 Å². The summed E-state index contributed by atoms with van der Waals surface area (Å²) in [4.78, 5) is 4.83. The van der Waals surface area contributed by atoms with Crippen LogP contribution in [0.1, 0.15) is 30.9 Å². The van der Waals surface area contributed by atoms with Gasteiger partial charge in [-0.05, 0) is 60.0 Å². The van der Waals surface area contributed by atoms with Crippen LogP contribution in [0.4, 0.5) is 0 Å². The topological polar surface area (TPSA) is 82.6 Å². The van der Waals surface area contributed by atoms with Crippen molar-refractivity contribution in [2.75, 3.05) is 20.1 Å². The van der Waals surface area contributed by atoms with Crippen molar-refractivity contribution >= 4 is 51.3 Å². The number of sulfonamides is 1. The van der Waals surface area contributed by atoms with Gasteiger partial charge in [-0.15, -0.1) is 24.0 Å². The first kappa shape index (κ1) is 23.9. The van der Waals surface area contributed by atoms with Crippen molar-refractivity contribution in [2.24, 2.45) is 4.99 Å². The van der Waals surface area contributed by atoms with Crippen LogP contribution in [0, 0.1) is 0 Å². The maximum atomic E-state index is 11.8. The zero-order valence-electron chi connectivity index (χ0n) is 15.7. The highest BCUT2D eigenvalue weighted by Gasteiger charge is 2.10. The molecule has 2 aromatic rings. The molecule has 6 nitrogen and oxygen atoms in total. The lowest BCUT2D eigenvalue weighted by molar-refractivity contribution is 0.588. The van der Waals surface area contributed by atoms with Gasteiger partial charge >= 0.3 is 0 Å². The van der Waals surface area contributed by atoms with Gasteiger partial charge in [-0.25, -0.2) is 18.1 Å². The van der Waals surface area contributed by atoms with Crippen LogP contribution in [-0.4, -0.2) is 34.5 Å². The van der Waals surface area contributed by atoms with Crippen LogP contribution in [0.5, 0.6) is 0 Å². The summed E-state index contributed by atoms with van der Waals surface area (Å²) in [7, 11) is -2.00. The van der Waals surface area contributed by atoms with Gasteiger partial charge in [-0.1, -0.05) is 19.1 Å². The van der Waals surface area contributed by atoms with Crippen molar-refractivity contribution in [1.29, 1.82) is 0 Å². The molecule has 1 unspecified atom stereocenters. The Labute approximate surface area is 182 Å². The minimum absolute atomic E-state index is 0. The fraction of sp³-hybridized carbons (Fsp3) is 0.389. The van der Waals surface area contributed by atoms with E-state index in [1.807, 2.05) is 6.92 Å². The molecule has 0 amide bonds. The fourth-order valence-corrected chi connectivity index (χ4v) is 3.84. The lowest BCUT2D eigenvalue weighted by Gasteiger charge is -2.15. The number of rotatable bonds is 8. The van der Waals surface area contributed by atoms with E-state index in [4.69, 9.17) is 0 Å². The van der Waals surface area contributed by atoms with Crippen molar-refractivity contribution in [1.82, 2.24) is 15.4 Å². The predicted octanol–water partition coefficient (Wildman–Crippen LogP) is 3.13. The van der Waals surface area contributed by atoms with Crippen molar-refractivity contribution in [3.8, 4) is 0 Å². The first-order chi connectivity index (χ1) is 12.5. The van der Waals surface area contributed by atoms with Crippen molar-refractivity contribution < 1.29 is 8.42 Å². The molecule has 0 fully saturated rings. The molecule has 0 spiro atoms. The van der Waals surface area contributed by atoms with Crippen molar-refractivity contribution in [2.45, 2.75) is 31.2 Å². The number of nitrogens with zero attached hydrogens (tertiary/aromatic N) is 1. The number of halogens is 1. The van der Waals surface area contributed by atoms with Gasteiger partial charge in [0.25, 0.3) is 0 Å². The molecule has 1 heterocycles. The molecule has 0 radical (unpaired) electrons. The molecule has 150 valence electrons. The van der Waals surface area contributed by atoms with E-state index in [0.29, 0.717) is 12.5 Å². The van der Waals surface area contributed by atoms with Crippen LogP contribution in [0.15, 0.2) is 51.0 Å². The molecule has 1 aromatic heterocycles. The summed E-state index contributed by atoms with van der Waals surface area (Å²) in [5.41, 5.74) is 2.27. The van der Waals surface area contributed by atoms with Crippen molar-refractivity contribution in [3.05, 3.63) is 52.2 Å². The van der Waals surface area contributed by atoms with Crippen LogP contribution in [-0.2, 0) is 16.6 Å². The number of aliphatic imine (C=N–C) groups is 1. The average Bonchev–Trinajstić information content (AvgIpc) is 3.19. The second-order valence-electron chi connectivity index (χ2n) is 5.89. The van der Waals surface area contributed by atoms with Gasteiger partial charge in [0.15, 0.2) is 5.96 Å². The number of benzene rings is 1. The summed E-state index contributed by atoms with van der Waals surface area (Å²) in [6.07, 6.45) is 0. The van der Waals surface area contributed by atoms with Crippen LogP contribution in [0.25, 0.3) is 0 Å². The third-order valence-corrected chi connectivity index (χ3v) is 6.09. The largest absolute Gasteiger partial charge is 0.357 e. The Morgan fingerprint density at radius 3 is 2.44 bits per heavy atom. The zero-order chi connectivity index (χ0) is 19.0. The molecule has 0 aliphatic heterocycles. The number of thiophene rings is 1. The lowest BCUT2D eigenvalue weighted by Crippen LogP contribution is -2.39. The van der Waals surface area contributed by atoms with Gasteiger partial charge in [0.2, 0.25) is 10.0 Å². The quantitative estimate of drug-likeness (QED) is 0.283. The Kier molecular flexibility index (Phi) is 10.3. The minimum Gasteiger partial charge on any atom is -0.357 e. The molecule has 0 aliphatic rings. The standard InChI is InChI=1S/C18H26N4O2S2.HI/c1-4-20-18(21-11-14(2)16-9-10-25-13-16)22-12-15-5-7-17(8-6-15)26(23,24)19-3;/h5-10,13-14,19H,4,11-12H2,1-3H3,(H2,20,21,22);1H. The first-order valence-corrected chi connectivity index (χ1v) is 11.0. The van der Waals surface area contributed by atoms with E-state index >= 15 is 0 Å². The van der Waals surface area contributed by atoms with Gasteiger partial charge in [0, 0.05) is 13.1 Å². The van der Waals surface area contributed by atoms with E-state index in [1.54, 1.807) is 35.6 Å². The third kappa shape index (κ3) is 7.40. The highest BCUT2D eigenvalue weighted by Crippen LogP contribution is 2.17. The van der Waals surface area contributed by atoms with E-state index < -0.39 is 10.0 Å². The molecule has 2 rings (SSSR count). The van der Waals surface area contributed by atoms with Gasteiger partial charge in [-0.3, -0.25) is 0 Å². The lowest BCUT2D eigenvalue weighted by atomic mass is 10.1. The Bertz CT molecular complexity index is 806. The maximum absolute atomic E-state index is 11.8. The highest BCUT2D eigenvalue weighted by atomic mass is 127. The Balaban J connectivity index is 0.00000364. The molecule has 0 saturated carbocycles.